The van der Waals surface area contributed by atoms with Gasteiger partial charge in [0.2, 0.25) is 0 Å². The van der Waals surface area contributed by atoms with Crippen LogP contribution in [0.15, 0.2) is 28.8 Å². The van der Waals surface area contributed by atoms with E-state index < -0.39 is 12.0 Å². The van der Waals surface area contributed by atoms with Crippen molar-refractivity contribution in [2.45, 2.75) is 70.5 Å². The van der Waals surface area contributed by atoms with E-state index in [9.17, 15) is 13.2 Å². The van der Waals surface area contributed by atoms with Crippen LogP contribution < -0.4 is 5.32 Å². The van der Waals surface area contributed by atoms with Crippen molar-refractivity contribution in [3.8, 4) is 0 Å². The molecule has 0 aliphatic heterocycles. The number of rotatable bonds is 11. The van der Waals surface area contributed by atoms with Crippen molar-refractivity contribution in [1.82, 2.24) is 15.5 Å². The van der Waals surface area contributed by atoms with Crippen LogP contribution in [0, 0.1) is 0 Å². The summed E-state index contributed by atoms with van der Waals surface area (Å²) < 4.78 is 43.5. The van der Waals surface area contributed by atoms with Crippen LogP contribution in [0.4, 0.5) is 13.2 Å². The van der Waals surface area contributed by atoms with Crippen LogP contribution in [0.3, 0.4) is 0 Å². The lowest BCUT2D eigenvalue weighted by molar-refractivity contribution is -0.146. The second-order valence-electron chi connectivity index (χ2n) is 7.51. The minimum atomic E-state index is -4.62. The summed E-state index contributed by atoms with van der Waals surface area (Å²) in [4.78, 5) is 3.58. The van der Waals surface area contributed by atoms with Crippen LogP contribution in [0.1, 0.15) is 87.2 Å². The lowest BCUT2D eigenvalue weighted by Gasteiger charge is -2.17. The van der Waals surface area contributed by atoms with Gasteiger partial charge in [0.05, 0.1) is 6.04 Å². The average molecular weight is 407 g/mol. The molecule has 0 spiro atoms. The molecule has 1 aliphatic rings. The zero-order chi connectivity index (χ0) is 20.7. The van der Waals surface area contributed by atoms with E-state index in [-0.39, 0.29) is 11.9 Å². The highest BCUT2D eigenvalue weighted by Gasteiger charge is 2.39. The van der Waals surface area contributed by atoms with Crippen LogP contribution in [0.2, 0.25) is 0 Å². The molecule has 1 atom stereocenters. The fourth-order valence-corrected chi connectivity index (χ4v) is 3.69. The number of benzene rings is 1. The second kappa shape index (κ2) is 10.1. The van der Waals surface area contributed by atoms with E-state index in [1.54, 1.807) is 0 Å². The van der Waals surface area contributed by atoms with Crippen molar-refractivity contribution in [3.63, 3.8) is 0 Å². The highest BCUT2D eigenvalue weighted by atomic mass is 19.4. The summed E-state index contributed by atoms with van der Waals surface area (Å²) in [5.74, 6) is -1.33. The van der Waals surface area contributed by atoms with E-state index in [1.807, 2.05) is 30.3 Å². The number of nitrogens with one attached hydrogen (secondary N) is 1. The minimum absolute atomic E-state index is 0.0815. The molecule has 7 heteroatoms. The molecule has 1 aliphatic carbocycles. The molecule has 29 heavy (non-hydrogen) atoms. The van der Waals surface area contributed by atoms with Crippen LogP contribution in [-0.2, 0) is 6.18 Å². The standard InChI is InChI=1S/C22H28F3N3O/c1-2-3-4-5-6-7-8-11-14-26-19-17-13-10-9-12-16(17)15-18(19)20-27-21(28-29-20)22(23,24)25/h9-10,12-13,15,19,26H,2-8,11,14H2,1H3. The number of hydrogen-bond acceptors (Lipinski definition) is 4. The molecule has 1 N–H and O–H groups in total. The Hall–Kier alpha value is -2.15. The van der Waals surface area contributed by atoms with Crippen molar-refractivity contribution in [1.29, 1.82) is 0 Å². The zero-order valence-electron chi connectivity index (χ0n) is 16.8. The Balaban J connectivity index is 1.57. The zero-order valence-corrected chi connectivity index (χ0v) is 16.8. The molecule has 158 valence electrons. The molecular weight excluding hydrogens is 379 g/mol. The maximum Gasteiger partial charge on any atom is 0.455 e. The van der Waals surface area contributed by atoms with Crippen LogP contribution in [0.5, 0.6) is 0 Å². The van der Waals surface area contributed by atoms with Gasteiger partial charge in [0, 0.05) is 5.57 Å². The first-order chi connectivity index (χ1) is 14.0. The molecule has 1 aromatic carbocycles. The monoisotopic (exact) mass is 407 g/mol. The van der Waals surface area contributed by atoms with Gasteiger partial charge in [-0.05, 0) is 30.2 Å². The van der Waals surface area contributed by atoms with Crippen molar-refractivity contribution >= 4 is 11.6 Å². The fraction of sp³-hybridized carbons (Fsp3) is 0.545. The largest absolute Gasteiger partial charge is 0.455 e. The first-order valence-electron chi connectivity index (χ1n) is 10.5. The molecule has 0 saturated carbocycles. The summed E-state index contributed by atoms with van der Waals surface area (Å²) >= 11 is 0. The Morgan fingerprint density at radius 3 is 2.38 bits per heavy atom. The number of nitrogens with zero attached hydrogens (tertiary/aromatic N) is 2. The maximum absolute atomic E-state index is 12.8. The minimum Gasteiger partial charge on any atom is -0.334 e. The lowest BCUT2D eigenvalue weighted by atomic mass is 10.0. The highest BCUT2D eigenvalue weighted by molar-refractivity contribution is 5.88. The number of aromatic nitrogens is 2. The predicted octanol–water partition coefficient (Wildman–Crippen LogP) is 6.41. The molecule has 0 radical (unpaired) electrons. The van der Waals surface area contributed by atoms with Crippen molar-refractivity contribution in [3.05, 3.63) is 47.1 Å². The van der Waals surface area contributed by atoms with Crippen molar-refractivity contribution in [2.24, 2.45) is 0 Å². The van der Waals surface area contributed by atoms with E-state index in [1.165, 1.54) is 38.5 Å². The quantitative estimate of drug-likeness (QED) is 0.437. The maximum atomic E-state index is 12.8. The van der Waals surface area contributed by atoms with Crippen molar-refractivity contribution < 1.29 is 17.7 Å². The molecule has 1 heterocycles. The highest BCUT2D eigenvalue weighted by Crippen LogP contribution is 2.40. The Bertz CT molecular complexity index is 814. The first-order valence-corrected chi connectivity index (χ1v) is 10.5. The van der Waals surface area contributed by atoms with Gasteiger partial charge in [-0.3, -0.25) is 0 Å². The lowest BCUT2D eigenvalue weighted by Crippen LogP contribution is -2.22. The summed E-state index contributed by atoms with van der Waals surface area (Å²) in [6.07, 6.45) is 7.03. The molecule has 0 amide bonds. The summed E-state index contributed by atoms with van der Waals surface area (Å²) in [6.45, 7) is 3.00. The smallest absolute Gasteiger partial charge is 0.334 e. The third-order valence-corrected chi connectivity index (χ3v) is 5.23. The summed E-state index contributed by atoms with van der Waals surface area (Å²) in [5, 5.41) is 6.57. The molecule has 1 unspecified atom stereocenters. The molecule has 1 aromatic heterocycles. The molecular formula is C22H28F3N3O. The Morgan fingerprint density at radius 2 is 1.69 bits per heavy atom. The summed E-state index contributed by atoms with van der Waals surface area (Å²) in [7, 11) is 0. The van der Waals surface area contributed by atoms with Gasteiger partial charge < -0.3 is 9.84 Å². The van der Waals surface area contributed by atoms with Gasteiger partial charge in [-0.2, -0.15) is 18.2 Å². The van der Waals surface area contributed by atoms with Crippen LogP contribution in [0.25, 0.3) is 11.6 Å². The van der Waals surface area contributed by atoms with E-state index >= 15 is 0 Å². The van der Waals surface area contributed by atoms with Gasteiger partial charge in [0.25, 0.3) is 11.7 Å². The van der Waals surface area contributed by atoms with Gasteiger partial charge in [-0.1, -0.05) is 81.3 Å². The van der Waals surface area contributed by atoms with Gasteiger partial charge in [-0.15, -0.1) is 0 Å². The normalized spacial score (nSPS) is 16.1. The van der Waals surface area contributed by atoms with E-state index in [0.717, 1.165) is 30.5 Å². The summed E-state index contributed by atoms with van der Waals surface area (Å²) in [5.41, 5.74) is 2.57. The second-order valence-corrected chi connectivity index (χ2v) is 7.51. The average Bonchev–Trinajstić information content (AvgIpc) is 3.32. The molecule has 0 saturated heterocycles. The molecule has 2 aromatic rings. The van der Waals surface area contributed by atoms with Gasteiger partial charge >= 0.3 is 6.18 Å². The Kier molecular flexibility index (Phi) is 7.47. The van der Waals surface area contributed by atoms with Crippen LogP contribution >= 0.6 is 0 Å². The predicted molar refractivity (Wildman–Crippen MR) is 107 cm³/mol. The van der Waals surface area contributed by atoms with E-state index in [2.05, 4.69) is 22.4 Å². The third kappa shape index (κ3) is 5.69. The number of unbranched alkanes of at least 4 members (excludes halogenated alkanes) is 7. The number of fused-ring (bicyclic) bond motifs is 1. The fourth-order valence-electron chi connectivity index (χ4n) is 3.69. The topological polar surface area (TPSA) is 51.0 Å². The van der Waals surface area contributed by atoms with E-state index in [0.29, 0.717) is 5.57 Å². The number of alkyl halides is 3. The van der Waals surface area contributed by atoms with Gasteiger partial charge in [0.1, 0.15) is 0 Å². The SMILES string of the molecule is CCCCCCCCCCNC1C(c2nc(C(F)(F)F)no2)=Cc2ccccc21. The summed E-state index contributed by atoms with van der Waals surface area (Å²) in [6, 6.07) is 7.51. The third-order valence-electron chi connectivity index (χ3n) is 5.23. The van der Waals surface area contributed by atoms with Gasteiger partial charge in [0.15, 0.2) is 0 Å². The van der Waals surface area contributed by atoms with Crippen LogP contribution in [-0.4, -0.2) is 16.7 Å². The van der Waals surface area contributed by atoms with Crippen molar-refractivity contribution in [2.75, 3.05) is 6.54 Å². The first kappa shape index (κ1) is 21.6. The Labute approximate surface area is 169 Å². The number of hydrogen-bond donors (Lipinski definition) is 1. The molecule has 0 bridgehead atoms. The molecule has 3 rings (SSSR count). The number of halogens is 3. The molecule has 0 fully saturated rings. The molecule has 4 nitrogen and oxygen atoms in total. The van der Waals surface area contributed by atoms with E-state index in [4.69, 9.17) is 4.52 Å². The van der Waals surface area contributed by atoms with Gasteiger partial charge in [-0.25, -0.2) is 0 Å². The Morgan fingerprint density at radius 1 is 1.00 bits per heavy atom.